The van der Waals surface area contributed by atoms with Crippen LogP contribution in [0.1, 0.15) is 51.4 Å². The third-order valence-electron chi connectivity index (χ3n) is 5.13. The molecule has 1 N–H and O–H groups in total. The molecular weight excluding hydrogens is 374 g/mol. The van der Waals surface area contributed by atoms with Crippen LogP contribution in [-0.2, 0) is 4.43 Å². The van der Waals surface area contributed by atoms with E-state index >= 15 is 0 Å². The second-order valence-corrected chi connectivity index (χ2v) is 14.1. The van der Waals surface area contributed by atoms with Crippen LogP contribution < -0.4 is 5.32 Å². The van der Waals surface area contributed by atoms with E-state index in [0.717, 1.165) is 6.42 Å². The van der Waals surface area contributed by atoms with Crippen LogP contribution in [0.4, 0.5) is 0 Å². The standard InChI is InChI=1S/C22H36ClNO2Si/c1-17(2)16-19(24-21(25)18-12-9-8-10-13-18)20(14-11-15-23)26-27(6,7)22(3,4)5/h8-14,17,19-20H,15-16H2,1-7H3,(H,24,25)/b14-11+/t19-,20+/m0/s1. The van der Waals surface area contributed by atoms with Crippen molar-refractivity contribution in [3.8, 4) is 0 Å². The molecule has 1 aromatic rings. The zero-order valence-electron chi connectivity index (χ0n) is 17.9. The number of halogens is 1. The summed E-state index contributed by atoms with van der Waals surface area (Å²) in [4.78, 5) is 12.8. The first kappa shape index (κ1) is 23.9. The summed E-state index contributed by atoms with van der Waals surface area (Å²) in [5.74, 6) is 0.795. The second-order valence-electron chi connectivity index (χ2n) is 9.00. The molecule has 0 saturated heterocycles. The van der Waals surface area contributed by atoms with E-state index in [1.165, 1.54) is 0 Å². The fourth-order valence-corrected chi connectivity index (χ4v) is 3.96. The predicted molar refractivity (Wildman–Crippen MR) is 119 cm³/mol. The van der Waals surface area contributed by atoms with Gasteiger partial charge in [-0.1, -0.05) is 65.0 Å². The van der Waals surface area contributed by atoms with E-state index < -0.39 is 8.32 Å². The van der Waals surface area contributed by atoms with E-state index in [0.29, 0.717) is 17.4 Å². The highest BCUT2D eigenvalue weighted by atomic mass is 35.5. The maximum atomic E-state index is 12.8. The van der Waals surface area contributed by atoms with Gasteiger partial charge < -0.3 is 9.74 Å². The molecule has 1 amide bonds. The first-order valence-corrected chi connectivity index (χ1v) is 13.2. The minimum Gasteiger partial charge on any atom is -0.408 e. The van der Waals surface area contributed by atoms with Crippen molar-refractivity contribution in [1.82, 2.24) is 5.32 Å². The number of carbonyl (C=O) groups excluding carboxylic acids is 1. The van der Waals surface area contributed by atoms with Gasteiger partial charge >= 0.3 is 0 Å². The van der Waals surface area contributed by atoms with Gasteiger partial charge in [0.2, 0.25) is 0 Å². The molecule has 0 fully saturated rings. The maximum absolute atomic E-state index is 12.8. The molecule has 1 rings (SSSR count). The molecule has 0 unspecified atom stereocenters. The summed E-state index contributed by atoms with van der Waals surface area (Å²) in [5.41, 5.74) is 0.665. The molecule has 5 heteroatoms. The zero-order chi connectivity index (χ0) is 20.7. The molecule has 0 saturated carbocycles. The van der Waals surface area contributed by atoms with Crippen molar-refractivity contribution >= 4 is 25.8 Å². The highest BCUT2D eigenvalue weighted by Crippen LogP contribution is 2.38. The average molecular weight is 410 g/mol. The van der Waals surface area contributed by atoms with Crippen LogP contribution in [0.5, 0.6) is 0 Å². The number of benzene rings is 1. The molecule has 0 aromatic heterocycles. The molecule has 0 aliphatic heterocycles. The molecule has 0 aliphatic rings. The van der Waals surface area contributed by atoms with Gasteiger partial charge in [0.05, 0.1) is 12.1 Å². The lowest BCUT2D eigenvalue weighted by molar-refractivity contribution is 0.0876. The van der Waals surface area contributed by atoms with Crippen LogP contribution in [0.3, 0.4) is 0 Å². The Morgan fingerprint density at radius 2 is 1.81 bits per heavy atom. The van der Waals surface area contributed by atoms with Crippen LogP contribution >= 0.6 is 11.6 Å². The van der Waals surface area contributed by atoms with Gasteiger partial charge in [-0.2, -0.15) is 0 Å². The van der Waals surface area contributed by atoms with E-state index in [-0.39, 0.29) is 23.1 Å². The number of hydrogen-bond donors (Lipinski definition) is 1. The fraction of sp³-hybridized carbons (Fsp3) is 0.591. The number of allylic oxidation sites excluding steroid dienone is 1. The summed E-state index contributed by atoms with van der Waals surface area (Å²) in [7, 11) is -2.01. The SMILES string of the molecule is CC(C)C[C@H](NC(=O)c1ccccc1)[C@@H](/C=C/CCl)O[Si](C)(C)C(C)(C)C. The van der Waals surface area contributed by atoms with Crippen LogP contribution in [0.15, 0.2) is 42.5 Å². The Balaban J connectivity index is 3.11. The molecule has 0 radical (unpaired) electrons. The average Bonchev–Trinajstić information content (AvgIpc) is 2.57. The van der Waals surface area contributed by atoms with Crippen LogP contribution in [0.2, 0.25) is 18.1 Å². The predicted octanol–water partition coefficient (Wildman–Crippen LogP) is 6.02. The lowest BCUT2D eigenvalue weighted by Gasteiger charge is -2.41. The largest absolute Gasteiger partial charge is 0.408 e. The van der Waals surface area contributed by atoms with E-state index in [1.54, 1.807) is 0 Å². The number of nitrogens with one attached hydrogen (secondary N) is 1. The molecule has 27 heavy (non-hydrogen) atoms. The molecule has 0 spiro atoms. The Labute approximate surface area is 171 Å². The van der Waals surface area contributed by atoms with Gasteiger partial charge in [0, 0.05) is 11.4 Å². The maximum Gasteiger partial charge on any atom is 0.251 e. The molecule has 0 bridgehead atoms. The molecule has 1 aromatic carbocycles. The van der Waals surface area contributed by atoms with E-state index in [1.807, 2.05) is 42.5 Å². The summed E-state index contributed by atoms with van der Waals surface area (Å²) in [6, 6.07) is 9.23. The van der Waals surface area contributed by atoms with Gasteiger partial charge in [-0.05, 0) is 42.6 Å². The lowest BCUT2D eigenvalue weighted by atomic mass is 9.98. The van der Waals surface area contributed by atoms with Gasteiger partial charge in [0.1, 0.15) is 0 Å². The Morgan fingerprint density at radius 3 is 2.30 bits per heavy atom. The van der Waals surface area contributed by atoms with Crippen LogP contribution in [0, 0.1) is 5.92 Å². The van der Waals surface area contributed by atoms with Gasteiger partial charge in [0.15, 0.2) is 8.32 Å². The Bertz CT molecular complexity index is 608. The first-order chi connectivity index (χ1) is 12.5. The van der Waals surface area contributed by atoms with Crippen molar-refractivity contribution in [2.75, 3.05) is 5.88 Å². The first-order valence-electron chi connectivity index (χ1n) is 9.74. The number of carbonyl (C=O) groups is 1. The smallest absolute Gasteiger partial charge is 0.251 e. The monoisotopic (exact) mass is 409 g/mol. The van der Waals surface area contributed by atoms with Gasteiger partial charge in [0.25, 0.3) is 5.91 Å². The third-order valence-corrected chi connectivity index (χ3v) is 9.78. The molecular formula is C22H36ClNO2Si. The van der Waals surface area contributed by atoms with Crippen molar-refractivity contribution in [3.63, 3.8) is 0 Å². The Kier molecular flexibility index (Phi) is 9.26. The third kappa shape index (κ3) is 7.80. The quantitative estimate of drug-likeness (QED) is 0.307. The Hall–Kier alpha value is -1.10. The summed E-state index contributed by atoms with van der Waals surface area (Å²) < 4.78 is 6.68. The van der Waals surface area contributed by atoms with Crippen molar-refractivity contribution in [2.45, 2.75) is 71.3 Å². The molecule has 0 heterocycles. The van der Waals surface area contributed by atoms with Crippen molar-refractivity contribution in [2.24, 2.45) is 5.92 Å². The number of rotatable bonds is 9. The van der Waals surface area contributed by atoms with Gasteiger partial charge in [-0.3, -0.25) is 4.79 Å². The molecule has 3 nitrogen and oxygen atoms in total. The summed E-state index contributed by atoms with van der Waals surface area (Å²) >= 11 is 5.90. The second kappa shape index (κ2) is 10.4. The lowest BCUT2D eigenvalue weighted by Crippen LogP contribution is -2.51. The van der Waals surface area contributed by atoms with Crippen molar-refractivity contribution in [3.05, 3.63) is 48.0 Å². The minimum absolute atomic E-state index is 0.0654. The van der Waals surface area contributed by atoms with Crippen molar-refractivity contribution < 1.29 is 9.22 Å². The summed E-state index contributed by atoms with van der Waals surface area (Å²) in [5, 5.41) is 3.30. The van der Waals surface area contributed by atoms with Crippen LogP contribution in [0.25, 0.3) is 0 Å². The number of amides is 1. The topological polar surface area (TPSA) is 38.3 Å². The molecule has 152 valence electrons. The molecule has 0 aliphatic carbocycles. The van der Waals surface area contributed by atoms with E-state index in [9.17, 15) is 4.79 Å². The van der Waals surface area contributed by atoms with E-state index in [4.69, 9.17) is 16.0 Å². The van der Waals surface area contributed by atoms with Crippen LogP contribution in [-0.4, -0.2) is 32.3 Å². The fourth-order valence-electron chi connectivity index (χ4n) is 2.58. The normalized spacial score (nSPS) is 15.1. The number of alkyl halides is 1. The van der Waals surface area contributed by atoms with Gasteiger partial charge in [-0.15, -0.1) is 11.6 Å². The highest BCUT2D eigenvalue weighted by Gasteiger charge is 2.40. The van der Waals surface area contributed by atoms with Crippen molar-refractivity contribution in [1.29, 1.82) is 0 Å². The molecule has 2 atom stereocenters. The number of hydrogen-bond acceptors (Lipinski definition) is 2. The highest BCUT2D eigenvalue weighted by molar-refractivity contribution is 6.74. The zero-order valence-corrected chi connectivity index (χ0v) is 19.6. The Morgan fingerprint density at radius 1 is 1.22 bits per heavy atom. The minimum atomic E-state index is -2.01. The summed E-state index contributed by atoms with van der Waals surface area (Å²) in [6.07, 6.45) is 4.58. The summed E-state index contributed by atoms with van der Waals surface area (Å²) in [6.45, 7) is 15.5. The van der Waals surface area contributed by atoms with Gasteiger partial charge in [-0.25, -0.2) is 0 Å². The van der Waals surface area contributed by atoms with E-state index in [2.05, 4.69) is 53.0 Å².